The molecule has 5 heteroatoms. The van der Waals surface area contributed by atoms with E-state index in [4.69, 9.17) is 9.92 Å². The molecule has 0 unspecified atom stereocenters. The summed E-state index contributed by atoms with van der Waals surface area (Å²) in [6.45, 7) is 0. The highest BCUT2D eigenvalue weighted by Gasteiger charge is 2.29. The standard InChI is InChI=1S/C9H11NO3S/c10-7-1-5-9(6-2-7)14(11,12)13-8-3-4-8/h1-2,5-6,8H,3-4,10H2. The number of rotatable bonds is 3. The smallest absolute Gasteiger partial charge is 0.297 e. The van der Waals surface area contributed by atoms with Gasteiger partial charge >= 0.3 is 0 Å². The fourth-order valence-electron chi connectivity index (χ4n) is 1.03. The van der Waals surface area contributed by atoms with Gasteiger partial charge in [0.15, 0.2) is 0 Å². The summed E-state index contributed by atoms with van der Waals surface area (Å²) in [6, 6.07) is 5.99. The van der Waals surface area contributed by atoms with Crippen LogP contribution in [0.4, 0.5) is 5.69 Å². The van der Waals surface area contributed by atoms with Crippen LogP contribution in [-0.4, -0.2) is 14.5 Å². The molecule has 76 valence electrons. The zero-order valence-corrected chi connectivity index (χ0v) is 8.33. The highest BCUT2D eigenvalue weighted by Crippen LogP contribution is 2.28. The lowest BCUT2D eigenvalue weighted by Crippen LogP contribution is -2.07. The van der Waals surface area contributed by atoms with E-state index < -0.39 is 10.1 Å². The predicted octanol–water partition coefficient (Wildman–Crippen LogP) is 1.14. The number of hydrogen-bond acceptors (Lipinski definition) is 4. The van der Waals surface area contributed by atoms with E-state index in [0.29, 0.717) is 5.69 Å². The topological polar surface area (TPSA) is 69.4 Å². The molecule has 1 aliphatic rings. The fraction of sp³-hybridized carbons (Fsp3) is 0.333. The Labute approximate surface area is 82.8 Å². The second kappa shape index (κ2) is 3.25. The monoisotopic (exact) mass is 213 g/mol. The lowest BCUT2D eigenvalue weighted by molar-refractivity contribution is 0.305. The Morgan fingerprint density at radius 1 is 1.21 bits per heavy atom. The van der Waals surface area contributed by atoms with Crippen LogP contribution in [0.25, 0.3) is 0 Å². The third-order valence-corrected chi connectivity index (χ3v) is 3.33. The van der Waals surface area contributed by atoms with Crippen molar-refractivity contribution in [3.05, 3.63) is 24.3 Å². The molecule has 0 radical (unpaired) electrons. The van der Waals surface area contributed by atoms with Crippen molar-refractivity contribution in [2.24, 2.45) is 0 Å². The number of benzene rings is 1. The van der Waals surface area contributed by atoms with E-state index in [9.17, 15) is 8.42 Å². The third kappa shape index (κ3) is 2.05. The maximum Gasteiger partial charge on any atom is 0.297 e. The van der Waals surface area contributed by atoms with Crippen molar-refractivity contribution in [1.29, 1.82) is 0 Å². The van der Waals surface area contributed by atoms with Gasteiger partial charge in [0, 0.05) is 5.69 Å². The summed E-state index contributed by atoms with van der Waals surface area (Å²) in [5.41, 5.74) is 5.99. The number of hydrogen-bond donors (Lipinski definition) is 1. The second-order valence-corrected chi connectivity index (χ2v) is 4.89. The number of anilines is 1. The second-order valence-electron chi connectivity index (χ2n) is 3.32. The molecule has 4 nitrogen and oxygen atoms in total. The molecule has 0 saturated heterocycles. The van der Waals surface area contributed by atoms with Crippen molar-refractivity contribution in [3.63, 3.8) is 0 Å². The molecular formula is C9H11NO3S. The predicted molar refractivity (Wildman–Crippen MR) is 52.1 cm³/mol. The molecule has 0 amide bonds. The maximum atomic E-state index is 11.5. The Bertz CT molecular complexity index is 420. The molecule has 2 N–H and O–H groups in total. The van der Waals surface area contributed by atoms with Crippen LogP contribution < -0.4 is 5.73 Å². The van der Waals surface area contributed by atoms with Crippen LogP contribution in [0, 0.1) is 0 Å². The number of nitrogens with two attached hydrogens (primary N) is 1. The first-order valence-corrected chi connectivity index (χ1v) is 5.77. The minimum absolute atomic E-state index is 0.113. The Morgan fingerprint density at radius 2 is 1.79 bits per heavy atom. The summed E-state index contributed by atoms with van der Waals surface area (Å²) in [4.78, 5) is 0.165. The van der Waals surface area contributed by atoms with Crippen LogP contribution in [0.1, 0.15) is 12.8 Å². The molecule has 1 aromatic carbocycles. The maximum absolute atomic E-state index is 11.5. The SMILES string of the molecule is Nc1ccc(S(=O)(=O)OC2CC2)cc1. The highest BCUT2D eigenvalue weighted by atomic mass is 32.2. The van der Waals surface area contributed by atoms with Crippen LogP contribution >= 0.6 is 0 Å². The van der Waals surface area contributed by atoms with E-state index >= 15 is 0 Å². The molecule has 0 aromatic heterocycles. The summed E-state index contributed by atoms with van der Waals surface area (Å²) in [5.74, 6) is 0. The zero-order chi connectivity index (χ0) is 10.2. The van der Waals surface area contributed by atoms with Crippen molar-refractivity contribution in [2.75, 3.05) is 5.73 Å². The van der Waals surface area contributed by atoms with Gasteiger partial charge in [-0.1, -0.05) is 0 Å². The summed E-state index contributed by atoms with van der Waals surface area (Å²) < 4.78 is 28.0. The largest absolute Gasteiger partial charge is 0.399 e. The van der Waals surface area contributed by atoms with E-state index in [1.165, 1.54) is 12.1 Å². The van der Waals surface area contributed by atoms with Gasteiger partial charge in [-0.25, -0.2) is 0 Å². The quantitative estimate of drug-likeness (QED) is 0.603. The van der Waals surface area contributed by atoms with Gasteiger partial charge in [0.2, 0.25) is 0 Å². The molecular weight excluding hydrogens is 202 g/mol. The first-order valence-electron chi connectivity index (χ1n) is 4.37. The lowest BCUT2D eigenvalue weighted by atomic mass is 10.3. The number of nitrogen functional groups attached to an aromatic ring is 1. The van der Waals surface area contributed by atoms with Crippen molar-refractivity contribution >= 4 is 15.8 Å². The fourth-order valence-corrected chi connectivity index (χ4v) is 2.16. The van der Waals surface area contributed by atoms with E-state index in [-0.39, 0.29) is 11.0 Å². The molecule has 1 aliphatic carbocycles. The minimum Gasteiger partial charge on any atom is -0.399 e. The molecule has 1 saturated carbocycles. The van der Waals surface area contributed by atoms with Gasteiger partial charge in [0.05, 0.1) is 11.0 Å². The molecule has 2 rings (SSSR count). The molecule has 0 spiro atoms. The van der Waals surface area contributed by atoms with Gasteiger partial charge in [-0.3, -0.25) is 4.18 Å². The molecule has 0 bridgehead atoms. The van der Waals surface area contributed by atoms with Gasteiger partial charge in [-0.05, 0) is 37.1 Å². The Kier molecular flexibility index (Phi) is 2.20. The van der Waals surface area contributed by atoms with Crippen LogP contribution in [0.2, 0.25) is 0 Å². The summed E-state index contributed by atoms with van der Waals surface area (Å²) in [7, 11) is -3.57. The molecule has 0 atom stereocenters. The first-order chi connectivity index (χ1) is 6.58. The first kappa shape index (κ1) is 9.48. The van der Waals surface area contributed by atoms with Gasteiger partial charge in [-0.2, -0.15) is 8.42 Å². The van der Waals surface area contributed by atoms with Gasteiger partial charge in [0.1, 0.15) is 0 Å². The highest BCUT2D eigenvalue weighted by molar-refractivity contribution is 7.86. The van der Waals surface area contributed by atoms with Gasteiger partial charge in [-0.15, -0.1) is 0 Å². The average Bonchev–Trinajstić information content (AvgIpc) is 2.88. The van der Waals surface area contributed by atoms with E-state index in [0.717, 1.165) is 12.8 Å². The van der Waals surface area contributed by atoms with Gasteiger partial charge < -0.3 is 5.73 Å². The molecule has 0 aliphatic heterocycles. The minimum atomic E-state index is -3.57. The summed E-state index contributed by atoms with van der Waals surface area (Å²) in [6.07, 6.45) is 1.54. The van der Waals surface area contributed by atoms with Crippen molar-refractivity contribution in [2.45, 2.75) is 23.8 Å². The van der Waals surface area contributed by atoms with Gasteiger partial charge in [0.25, 0.3) is 10.1 Å². The van der Waals surface area contributed by atoms with E-state index in [1.54, 1.807) is 12.1 Å². The Balaban J connectivity index is 2.24. The van der Waals surface area contributed by atoms with Crippen LogP contribution in [0.15, 0.2) is 29.2 Å². The molecule has 1 fully saturated rings. The summed E-state index contributed by atoms with van der Waals surface area (Å²) in [5, 5.41) is 0. The van der Waals surface area contributed by atoms with Crippen LogP contribution in [0.5, 0.6) is 0 Å². The van der Waals surface area contributed by atoms with E-state index in [2.05, 4.69) is 0 Å². The Hall–Kier alpha value is -1.07. The molecule has 14 heavy (non-hydrogen) atoms. The summed E-state index contributed by atoms with van der Waals surface area (Å²) >= 11 is 0. The van der Waals surface area contributed by atoms with Crippen LogP contribution in [0.3, 0.4) is 0 Å². The van der Waals surface area contributed by atoms with Crippen LogP contribution in [-0.2, 0) is 14.3 Å². The van der Waals surface area contributed by atoms with E-state index in [1.807, 2.05) is 0 Å². The lowest BCUT2D eigenvalue weighted by Gasteiger charge is -2.03. The normalized spacial score (nSPS) is 16.9. The van der Waals surface area contributed by atoms with Crippen molar-refractivity contribution in [3.8, 4) is 0 Å². The average molecular weight is 213 g/mol. The molecule has 0 heterocycles. The van der Waals surface area contributed by atoms with Crippen molar-refractivity contribution in [1.82, 2.24) is 0 Å². The zero-order valence-electron chi connectivity index (χ0n) is 7.51. The Morgan fingerprint density at radius 3 is 2.29 bits per heavy atom. The molecule has 1 aromatic rings. The third-order valence-electron chi connectivity index (χ3n) is 1.96. The van der Waals surface area contributed by atoms with Crippen molar-refractivity contribution < 1.29 is 12.6 Å².